The summed E-state index contributed by atoms with van der Waals surface area (Å²) < 4.78 is 1.80. The summed E-state index contributed by atoms with van der Waals surface area (Å²) in [5, 5.41) is 39.1. The molecular formula is C58H51ClN20. The summed E-state index contributed by atoms with van der Waals surface area (Å²) in [5.74, 6) is 8.28. The number of nitrogen functional groups attached to an aromatic ring is 3. The van der Waals surface area contributed by atoms with Crippen molar-refractivity contribution in [2.45, 2.75) is 60.5 Å². The first-order valence-corrected chi connectivity index (χ1v) is 24.4. The first kappa shape index (κ1) is 58.8. The minimum atomic E-state index is 0.116. The molecule has 0 amide bonds. The SMILES string of the molecule is C#CC.CC#Cc1cc(-c2cccc(C#N)c2)nc(N)n1.CCc1cccc(CN=[N+]=[N-])n1.CCc1cccc(Cn2nnc(-c3cc(-c4cccc(C#N)c4)nc(N)n3)c2C)n1.N#Cc1cccc(-c2cc(Cl)nc(N)n2)c1. The van der Waals surface area contributed by atoms with Crippen molar-refractivity contribution in [3.63, 3.8) is 0 Å². The minimum absolute atomic E-state index is 0.116. The fourth-order valence-electron chi connectivity index (χ4n) is 7.00. The number of hydrogen-bond donors (Lipinski definition) is 3. The molecule has 79 heavy (non-hydrogen) atoms. The summed E-state index contributed by atoms with van der Waals surface area (Å²) in [6.07, 6.45) is 6.38. The fourth-order valence-corrected chi connectivity index (χ4v) is 7.19. The second kappa shape index (κ2) is 30.3. The van der Waals surface area contributed by atoms with Gasteiger partial charge in [-0.1, -0.05) is 90.2 Å². The van der Waals surface area contributed by atoms with E-state index >= 15 is 0 Å². The molecule has 0 fully saturated rings. The average molecular weight is 1060 g/mol. The molecule has 21 heteroatoms. The number of aryl methyl sites for hydroxylation is 2. The first-order chi connectivity index (χ1) is 38.3. The van der Waals surface area contributed by atoms with Crippen LogP contribution >= 0.6 is 11.6 Å². The summed E-state index contributed by atoms with van der Waals surface area (Å²) in [7, 11) is 0. The third kappa shape index (κ3) is 18.1. The minimum Gasteiger partial charge on any atom is -0.368 e. The molecule has 6 aromatic heterocycles. The van der Waals surface area contributed by atoms with Gasteiger partial charge in [0.1, 0.15) is 16.5 Å². The Morgan fingerprint density at radius 3 is 1.53 bits per heavy atom. The number of terminal acetylenes is 1. The van der Waals surface area contributed by atoms with E-state index in [0.717, 1.165) is 58.0 Å². The Kier molecular flexibility index (Phi) is 22.6. The van der Waals surface area contributed by atoms with Gasteiger partial charge in [0.05, 0.1) is 82.2 Å². The quantitative estimate of drug-likeness (QED) is 0.0377. The molecule has 0 aliphatic carbocycles. The van der Waals surface area contributed by atoms with Crippen LogP contribution in [0.5, 0.6) is 0 Å². The molecule has 6 N–H and O–H groups in total. The highest BCUT2D eigenvalue weighted by Crippen LogP contribution is 2.27. The molecule has 0 radical (unpaired) electrons. The van der Waals surface area contributed by atoms with Gasteiger partial charge in [0.25, 0.3) is 0 Å². The van der Waals surface area contributed by atoms with Crippen molar-refractivity contribution in [3.8, 4) is 87.6 Å². The third-order valence-corrected chi connectivity index (χ3v) is 10.8. The zero-order valence-corrected chi connectivity index (χ0v) is 44.5. The van der Waals surface area contributed by atoms with E-state index < -0.39 is 0 Å². The van der Waals surface area contributed by atoms with Crippen molar-refractivity contribution in [2.75, 3.05) is 17.2 Å². The van der Waals surface area contributed by atoms with Crippen LogP contribution in [0.2, 0.25) is 5.15 Å². The van der Waals surface area contributed by atoms with Gasteiger partial charge < -0.3 is 17.2 Å². The molecule has 0 saturated carbocycles. The van der Waals surface area contributed by atoms with Crippen LogP contribution in [0.4, 0.5) is 17.8 Å². The largest absolute Gasteiger partial charge is 0.368 e. The van der Waals surface area contributed by atoms with Gasteiger partial charge in [-0.25, -0.2) is 34.6 Å². The summed E-state index contributed by atoms with van der Waals surface area (Å²) >= 11 is 5.78. The van der Waals surface area contributed by atoms with E-state index in [9.17, 15) is 0 Å². The lowest BCUT2D eigenvalue weighted by atomic mass is 10.1. The first-order valence-electron chi connectivity index (χ1n) is 24.0. The number of azide groups is 1. The number of rotatable bonds is 10. The molecule has 0 saturated heterocycles. The zero-order chi connectivity index (χ0) is 57.1. The normalized spacial score (nSPS) is 9.59. The molecule has 9 aromatic rings. The summed E-state index contributed by atoms with van der Waals surface area (Å²) in [5.41, 5.74) is 37.6. The van der Waals surface area contributed by atoms with Crippen LogP contribution in [-0.4, -0.2) is 54.9 Å². The second-order valence-electron chi connectivity index (χ2n) is 16.2. The van der Waals surface area contributed by atoms with Crippen molar-refractivity contribution in [2.24, 2.45) is 5.11 Å². The zero-order valence-electron chi connectivity index (χ0n) is 43.7. The van der Waals surface area contributed by atoms with Crippen LogP contribution in [0.3, 0.4) is 0 Å². The monoisotopic (exact) mass is 1060 g/mol. The maximum Gasteiger partial charge on any atom is 0.221 e. The predicted molar refractivity (Wildman–Crippen MR) is 305 cm³/mol. The second-order valence-corrected chi connectivity index (χ2v) is 16.6. The number of nitrogens with two attached hydrogens (primary N) is 3. The molecule has 3 aromatic carbocycles. The molecule has 0 aliphatic rings. The Bertz CT molecular complexity index is 3820. The number of benzene rings is 3. The van der Waals surface area contributed by atoms with E-state index in [0.29, 0.717) is 63.9 Å². The summed E-state index contributed by atoms with van der Waals surface area (Å²) in [6, 6.07) is 44.6. The van der Waals surface area contributed by atoms with Crippen LogP contribution < -0.4 is 17.2 Å². The highest BCUT2D eigenvalue weighted by Gasteiger charge is 2.16. The van der Waals surface area contributed by atoms with E-state index in [1.54, 1.807) is 79.2 Å². The Hall–Kier alpha value is -11.1. The van der Waals surface area contributed by atoms with Crippen LogP contribution in [0.1, 0.15) is 78.5 Å². The Balaban J connectivity index is 0.000000202. The smallest absolute Gasteiger partial charge is 0.221 e. The molecule has 0 bridgehead atoms. The topological polar surface area (TPSA) is 332 Å². The maximum absolute atomic E-state index is 9.16. The molecule has 0 unspecified atom stereocenters. The molecule has 0 spiro atoms. The van der Waals surface area contributed by atoms with Gasteiger partial charge in [-0.15, -0.1) is 17.4 Å². The van der Waals surface area contributed by atoms with E-state index in [4.69, 9.17) is 50.1 Å². The maximum atomic E-state index is 9.16. The predicted octanol–water partition coefficient (Wildman–Crippen LogP) is 10.5. The van der Waals surface area contributed by atoms with Gasteiger partial charge in [-0.05, 0) is 118 Å². The van der Waals surface area contributed by atoms with Crippen molar-refractivity contribution in [1.82, 2.24) is 54.9 Å². The van der Waals surface area contributed by atoms with Crippen molar-refractivity contribution >= 4 is 29.4 Å². The Morgan fingerprint density at radius 2 is 1.04 bits per heavy atom. The molecule has 0 aliphatic heterocycles. The van der Waals surface area contributed by atoms with E-state index in [2.05, 4.69) is 110 Å². The van der Waals surface area contributed by atoms with E-state index in [1.165, 1.54) is 0 Å². The number of aromatic nitrogens is 11. The Labute approximate surface area is 462 Å². The number of hydrogen-bond acceptors (Lipinski definition) is 17. The van der Waals surface area contributed by atoms with Gasteiger partial charge in [-0.3, -0.25) is 9.97 Å². The van der Waals surface area contributed by atoms with Crippen molar-refractivity contribution in [3.05, 3.63) is 194 Å². The number of pyridine rings is 2. The number of nitriles is 3. The lowest BCUT2D eigenvalue weighted by Gasteiger charge is -2.07. The van der Waals surface area contributed by atoms with Crippen LogP contribution in [-0.2, 0) is 25.9 Å². The van der Waals surface area contributed by atoms with Crippen molar-refractivity contribution in [1.29, 1.82) is 15.8 Å². The van der Waals surface area contributed by atoms with E-state index in [1.807, 2.05) is 80.6 Å². The van der Waals surface area contributed by atoms with Crippen LogP contribution in [0.25, 0.3) is 55.6 Å². The molecule has 0 atom stereocenters. The molecular weight excluding hydrogens is 1010 g/mol. The van der Waals surface area contributed by atoms with Crippen molar-refractivity contribution < 1.29 is 0 Å². The van der Waals surface area contributed by atoms with Gasteiger partial charge in [-0.2, -0.15) is 15.8 Å². The fraction of sp³-hybridized carbons (Fsp3) is 0.155. The standard InChI is InChI=1S/C22H20N8.C14H10N4.C11H7ClN4.C8H10N4.C3H4/c1-3-17-8-5-9-18(25-17)13-30-14(2)21(28-29-30)20-11-19(26-22(24)27-20)16-7-4-6-15(10-16)12-23;1-2-4-12-8-13(18-14(16)17-12)11-6-3-5-10(7-11)9-15;12-10-5-9(15-11(14)16-10)8-3-1-2-7(4-8)6-13;1-2-7-4-3-5-8(11-7)6-10-12-9;1-3-2/h4-11H,3,13H2,1-2H3,(H2,24,26,27);3,5-8H,1H3,(H2,16,17,18);1-5H,(H2,14,15,16);3-5H,2,6H2,1H3;1H,2H3. The molecule has 9 rings (SSSR count). The highest BCUT2D eigenvalue weighted by atomic mass is 35.5. The van der Waals surface area contributed by atoms with E-state index in [-0.39, 0.29) is 23.0 Å². The van der Waals surface area contributed by atoms with Crippen LogP contribution in [0, 0.1) is 65.1 Å². The highest BCUT2D eigenvalue weighted by molar-refractivity contribution is 6.29. The van der Waals surface area contributed by atoms with Gasteiger partial charge >= 0.3 is 0 Å². The number of halogens is 1. The van der Waals surface area contributed by atoms with Gasteiger partial charge in [0.15, 0.2) is 0 Å². The number of nitrogens with zero attached hydrogens (tertiary/aromatic N) is 17. The third-order valence-electron chi connectivity index (χ3n) is 10.6. The number of anilines is 3. The lowest BCUT2D eigenvalue weighted by molar-refractivity contribution is 0.621. The average Bonchev–Trinajstić information content (AvgIpc) is 3.86. The lowest BCUT2D eigenvalue weighted by Crippen LogP contribution is -2.07. The van der Waals surface area contributed by atoms with Gasteiger partial charge in [0.2, 0.25) is 17.8 Å². The summed E-state index contributed by atoms with van der Waals surface area (Å²) in [4.78, 5) is 36.2. The van der Waals surface area contributed by atoms with Crippen LogP contribution in [0.15, 0.2) is 133 Å². The van der Waals surface area contributed by atoms with Gasteiger partial charge in [0, 0.05) is 44.8 Å². The Morgan fingerprint density at radius 1 is 0.595 bits per heavy atom. The molecule has 390 valence electrons. The molecule has 6 heterocycles. The molecule has 20 nitrogen and oxygen atoms in total. The summed E-state index contributed by atoms with van der Waals surface area (Å²) in [6.45, 7) is 10.3.